The molecule has 0 atom stereocenters. The van der Waals surface area contributed by atoms with E-state index in [2.05, 4.69) is 25.9 Å². The molecule has 1 aromatic carbocycles. The number of rotatable bonds is 1. The molecule has 0 aliphatic heterocycles. The molecule has 0 N–H and O–H groups in total. The molecule has 0 spiro atoms. The van der Waals surface area contributed by atoms with Crippen molar-refractivity contribution in [3.63, 3.8) is 0 Å². The number of nitrogens with zero attached hydrogens (tertiary/aromatic N) is 2. The quantitative estimate of drug-likeness (QED) is 0.680. The number of aromatic nitrogens is 2. The molecule has 0 saturated carbocycles. The summed E-state index contributed by atoms with van der Waals surface area (Å²) in [5.41, 5.74) is 3.46. The zero-order valence-electron chi connectivity index (χ0n) is 9.14. The molecule has 0 fully saturated rings. The van der Waals surface area contributed by atoms with Gasteiger partial charge in [0.15, 0.2) is 11.2 Å². The summed E-state index contributed by atoms with van der Waals surface area (Å²) in [5.74, 6) is 0.615. The van der Waals surface area contributed by atoms with Crippen LogP contribution in [0.3, 0.4) is 0 Å². The second kappa shape index (κ2) is 3.96. The standard InChI is InChI=1S/C13H9BrN2O/c1-8-4-2-3-5-10(8)13-16-12-11(17-13)6-9(14)7-15-12/h2-7H,1H3. The highest BCUT2D eigenvalue weighted by Crippen LogP contribution is 2.26. The van der Waals surface area contributed by atoms with Gasteiger partial charge in [0.25, 0.3) is 0 Å². The van der Waals surface area contributed by atoms with Gasteiger partial charge in [-0.2, -0.15) is 4.98 Å². The molecule has 0 amide bonds. The summed E-state index contributed by atoms with van der Waals surface area (Å²) in [6.45, 7) is 2.04. The van der Waals surface area contributed by atoms with Gasteiger partial charge in [0.2, 0.25) is 5.89 Å². The Kier molecular flexibility index (Phi) is 2.44. The first-order valence-electron chi connectivity index (χ1n) is 5.22. The molecule has 84 valence electrons. The number of benzene rings is 1. The van der Waals surface area contributed by atoms with Crippen LogP contribution in [0.15, 0.2) is 45.4 Å². The van der Waals surface area contributed by atoms with E-state index in [0.29, 0.717) is 17.1 Å². The van der Waals surface area contributed by atoms with Crippen molar-refractivity contribution < 1.29 is 4.42 Å². The van der Waals surface area contributed by atoms with E-state index in [1.807, 2.05) is 37.3 Å². The Bertz CT molecular complexity index is 691. The fourth-order valence-corrected chi connectivity index (χ4v) is 2.03. The maximum atomic E-state index is 5.71. The highest BCUT2D eigenvalue weighted by Gasteiger charge is 2.10. The first-order chi connectivity index (χ1) is 8.24. The molecule has 17 heavy (non-hydrogen) atoms. The Morgan fingerprint density at radius 1 is 1.24 bits per heavy atom. The summed E-state index contributed by atoms with van der Waals surface area (Å²) in [6.07, 6.45) is 1.71. The Morgan fingerprint density at radius 2 is 2.06 bits per heavy atom. The third-order valence-corrected chi connectivity index (χ3v) is 3.02. The molecule has 0 saturated heterocycles. The van der Waals surface area contributed by atoms with Crippen molar-refractivity contribution in [2.45, 2.75) is 6.92 Å². The third-order valence-electron chi connectivity index (χ3n) is 2.59. The third kappa shape index (κ3) is 1.85. The minimum absolute atomic E-state index is 0.615. The van der Waals surface area contributed by atoms with Gasteiger partial charge in [0, 0.05) is 22.3 Å². The van der Waals surface area contributed by atoms with E-state index < -0.39 is 0 Å². The Labute approximate surface area is 107 Å². The summed E-state index contributed by atoms with van der Waals surface area (Å²) in [6, 6.07) is 9.87. The molecule has 0 radical (unpaired) electrons. The predicted octanol–water partition coefficient (Wildman–Crippen LogP) is 3.96. The highest BCUT2D eigenvalue weighted by molar-refractivity contribution is 9.10. The first kappa shape index (κ1) is 10.5. The lowest BCUT2D eigenvalue weighted by molar-refractivity contribution is 0.619. The van der Waals surface area contributed by atoms with Crippen LogP contribution in [0.4, 0.5) is 0 Å². The molecule has 2 aromatic heterocycles. The van der Waals surface area contributed by atoms with Crippen molar-refractivity contribution in [3.05, 3.63) is 46.6 Å². The van der Waals surface area contributed by atoms with Gasteiger partial charge in [-0.1, -0.05) is 18.2 Å². The maximum Gasteiger partial charge on any atom is 0.229 e. The molecule has 4 heteroatoms. The van der Waals surface area contributed by atoms with E-state index in [-0.39, 0.29) is 0 Å². The van der Waals surface area contributed by atoms with E-state index >= 15 is 0 Å². The van der Waals surface area contributed by atoms with E-state index in [4.69, 9.17) is 4.42 Å². The normalized spacial score (nSPS) is 10.9. The van der Waals surface area contributed by atoms with Crippen LogP contribution < -0.4 is 0 Å². The molecule has 3 rings (SSSR count). The Morgan fingerprint density at radius 3 is 2.88 bits per heavy atom. The van der Waals surface area contributed by atoms with Crippen LogP contribution in [-0.4, -0.2) is 9.97 Å². The average molecular weight is 289 g/mol. The van der Waals surface area contributed by atoms with Gasteiger partial charge < -0.3 is 4.42 Å². The molecule has 0 aliphatic rings. The largest absolute Gasteiger partial charge is 0.434 e. The van der Waals surface area contributed by atoms with Crippen LogP contribution in [0.5, 0.6) is 0 Å². The minimum atomic E-state index is 0.615. The SMILES string of the molecule is Cc1ccccc1-c1nc2ncc(Br)cc2o1. The van der Waals surface area contributed by atoms with Gasteiger partial charge in [-0.3, -0.25) is 0 Å². The summed E-state index contributed by atoms with van der Waals surface area (Å²) >= 11 is 3.36. The monoisotopic (exact) mass is 288 g/mol. The lowest BCUT2D eigenvalue weighted by Crippen LogP contribution is -1.81. The summed E-state index contributed by atoms with van der Waals surface area (Å²) in [5, 5.41) is 0. The minimum Gasteiger partial charge on any atom is -0.434 e. The molecule has 0 aliphatic carbocycles. The molecule has 3 aromatic rings. The van der Waals surface area contributed by atoms with Crippen molar-refractivity contribution in [1.82, 2.24) is 9.97 Å². The summed E-state index contributed by atoms with van der Waals surface area (Å²) in [4.78, 5) is 8.59. The predicted molar refractivity (Wildman–Crippen MR) is 69.7 cm³/mol. The zero-order chi connectivity index (χ0) is 11.8. The molecule has 2 heterocycles. The fraction of sp³-hybridized carbons (Fsp3) is 0.0769. The topological polar surface area (TPSA) is 38.9 Å². The lowest BCUT2D eigenvalue weighted by Gasteiger charge is -1.98. The molecule has 0 unspecified atom stereocenters. The Hall–Kier alpha value is -1.68. The van der Waals surface area contributed by atoms with E-state index in [1.54, 1.807) is 6.20 Å². The molecular formula is C13H9BrN2O. The maximum absolute atomic E-state index is 5.71. The number of pyridine rings is 1. The van der Waals surface area contributed by atoms with Crippen LogP contribution >= 0.6 is 15.9 Å². The fourth-order valence-electron chi connectivity index (χ4n) is 1.72. The molecule has 3 nitrogen and oxygen atoms in total. The van der Waals surface area contributed by atoms with Crippen LogP contribution in [0.2, 0.25) is 0 Å². The summed E-state index contributed by atoms with van der Waals surface area (Å²) < 4.78 is 6.60. The molecular weight excluding hydrogens is 280 g/mol. The smallest absolute Gasteiger partial charge is 0.229 e. The average Bonchev–Trinajstić information content (AvgIpc) is 2.72. The second-order valence-corrected chi connectivity index (χ2v) is 4.72. The zero-order valence-corrected chi connectivity index (χ0v) is 10.7. The van der Waals surface area contributed by atoms with Crippen molar-refractivity contribution >= 4 is 27.2 Å². The van der Waals surface area contributed by atoms with Gasteiger partial charge in [-0.15, -0.1) is 0 Å². The van der Waals surface area contributed by atoms with Crippen molar-refractivity contribution in [3.8, 4) is 11.5 Å². The number of oxazole rings is 1. The van der Waals surface area contributed by atoms with Crippen molar-refractivity contribution in [1.29, 1.82) is 0 Å². The van der Waals surface area contributed by atoms with Gasteiger partial charge >= 0.3 is 0 Å². The highest BCUT2D eigenvalue weighted by atomic mass is 79.9. The van der Waals surface area contributed by atoms with Gasteiger partial charge in [0.05, 0.1) is 0 Å². The summed E-state index contributed by atoms with van der Waals surface area (Å²) in [7, 11) is 0. The van der Waals surface area contributed by atoms with Crippen LogP contribution in [-0.2, 0) is 0 Å². The number of hydrogen-bond acceptors (Lipinski definition) is 3. The number of halogens is 1. The van der Waals surface area contributed by atoms with E-state index in [9.17, 15) is 0 Å². The first-order valence-corrected chi connectivity index (χ1v) is 6.01. The van der Waals surface area contributed by atoms with E-state index in [1.165, 1.54) is 0 Å². The molecule has 0 bridgehead atoms. The second-order valence-electron chi connectivity index (χ2n) is 3.81. The number of fused-ring (bicyclic) bond motifs is 1. The Balaban J connectivity index is 2.22. The van der Waals surface area contributed by atoms with Crippen molar-refractivity contribution in [2.75, 3.05) is 0 Å². The van der Waals surface area contributed by atoms with Crippen LogP contribution in [0.1, 0.15) is 5.56 Å². The van der Waals surface area contributed by atoms with Crippen molar-refractivity contribution in [2.24, 2.45) is 0 Å². The van der Waals surface area contributed by atoms with E-state index in [0.717, 1.165) is 15.6 Å². The van der Waals surface area contributed by atoms with Gasteiger partial charge in [-0.25, -0.2) is 4.98 Å². The number of aryl methyl sites for hydroxylation is 1. The van der Waals surface area contributed by atoms with Crippen LogP contribution in [0, 0.1) is 6.92 Å². The lowest BCUT2D eigenvalue weighted by atomic mass is 10.1. The number of hydrogen-bond donors (Lipinski definition) is 0. The van der Waals surface area contributed by atoms with Gasteiger partial charge in [-0.05, 0) is 34.5 Å². The van der Waals surface area contributed by atoms with Gasteiger partial charge in [0.1, 0.15) is 0 Å². The van der Waals surface area contributed by atoms with Crippen LogP contribution in [0.25, 0.3) is 22.7 Å².